The molecular weight excluding hydrogens is 950 g/mol. The molecule has 8 fully saturated rings. The highest BCUT2D eigenvalue weighted by Gasteiger charge is 2.54. The van der Waals surface area contributed by atoms with Gasteiger partial charge in [-0.15, -0.1) is 11.3 Å². The summed E-state index contributed by atoms with van der Waals surface area (Å²) < 4.78 is 8.12. The first-order valence-electron chi connectivity index (χ1n) is 29.6. The van der Waals surface area contributed by atoms with Crippen LogP contribution in [0.5, 0.6) is 0 Å². The Morgan fingerprint density at radius 1 is 0.403 bits per heavy atom. The van der Waals surface area contributed by atoms with Crippen LogP contribution in [0.2, 0.25) is 0 Å². The largest absolute Gasteiger partial charge is 0.311 e. The summed E-state index contributed by atoms with van der Waals surface area (Å²) in [5.74, 6) is 5.42. The number of anilines is 3. The molecule has 5 heteroatoms. The zero-order chi connectivity index (χ0) is 49.4. The fourth-order valence-electron chi connectivity index (χ4n) is 21.0. The molecule has 77 heavy (non-hydrogen) atoms. The van der Waals surface area contributed by atoms with Crippen LogP contribution in [0.25, 0.3) is 97.1 Å². The van der Waals surface area contributed by atoms with Gasteiger partial charge in [-0.05, 0) is 233 Å². The number of fused-ring (bicyclic) bond motifs is 8. The average Bonchev–Trinajstić information content (AvgIpc) is 4.33. The first-order chi connectivity index (χ1) is 38.0. The highest BCUT2D eigenvalue weighted by Crippen LogP contribution is 2.63. The van der Waals surface area contributed by atoms with Gasteiger partial charge in [0.15, 0.2) is 0 Å². The normalized spacial score (nSPS) is 27.4. The van der Waals surface area contributed by atoms with E-state index in [1.54, 1.807) is 11.1 Å². The van der Waals surface area contributed by atoms with E-state index in [-0.39, 0.29) is 6.71 Å². The average molecular weight is 1010 g/mol. The minimum absolute atomic E-state index is 0.0893. The smallest absolute Gasteiger partial charge is 0.252 e. The van der Waals surface area contributed by atoms with E-state index in [2.05, 4.69) is 172 Å². The third-order valence-electron chi connectivity index (χ3n) is 22.9. The first-order valence-corrected chi connectivity index (χ1v) is 30.4. The summed E-state index contributed by atoms with van der Waals surface area (Å²) in [6.45, 7) is 0.0893. The molecule has 0 N–H and O–H groups in total. The molecule has 2 aliphatic heterocycles. The van der Waals surface area contributed by atoms with E-state index in [1.165, 1.54) is 208 Å². The van der Waals surface area contributed by atoms with E-state index in [9.17, 15) is 0 Å². The maximum absolute atomic E-state index is 2.79. The first kappa shape index (κ1) is 41.1. The van der Waals surface area contributed by atoms with E-state index in [1.807, 2.05) is 11.3 Å². The summed E-state index contributed by atoms with van der Waals surface area (Å²) in [5, 5.41) is 11.0. The molecule has 23 rings (SSSR count). The van der Waals surface area contributed by atoms with Gasteiger partial charge in [0.05, 0.1) is 22.2 Å². The summed E-state index contributed by atoms with van der Waals surface area (Å²) in [4.78, 5) is 2.75. The van der Waals surface area contributed by atoms with Gasteiger partial charge in [-0.1, -0.05) is 97.1 Å². The maximum atomic E-state index is 2.79. The molecule has 11 aliphatic rings. The van der Waals surface area contributed by atoms with Gasteiger partial charge in [0.25, 0.3) is 6.71 Å². The number of benzene rings is 9. The molecule has 9 aliphatic carbocycles. The maximum Gasteiger partial charge on any atom is 0.252 e. The second-order valence-corrected chi connectivity index (χ2v) is 27.9. The third kappa shape index (κ3) is 4.98. The summed E-state index contributed by atoms with van der Waals surface area (Å²) in [6, 6.07) is 63.9. The molecule has 3 nitrogen and oxygen atoms in total. The van der Waals surface area contributed by atoms with Crippen molar-refractivity contribution in [1.29, 1.82) is 0 Å². The Hall–Kier alpha value is -7.08. The Balaban J connectivity index is 0.875. The molecule has 0 spiro atoms. The van der Waals surface area contributed by atoms with Gasteiger partial charge >= 0.3 is 0 Å². The highest BCUT2D eigenvalue weighted by atomic mass is 32.1. The zero-order valence-electron chi connectivity index (χ0n) is 43.3. The molecular formula is C72H56BN3S. The number of rotatable bonds is 4. The monoisotopic (exact) mass is 1010 g/mol. The fourth-order valence-corrected chi connectivity index (χ4v) is 22.2. The zero-order valence-corrected chi connectivity index (χ0v) is 44.1. The molecule has 0 amide bonds. The van der Waals surface area contributed by atoms with Crippen LogP contribution < -0.4 is 21.3 Å². The minimum atomic E-state index is 0.0893. The molecule has 12 aromatic rings. The van der Waals surface area contributed by atoms with Crippen LogP contribution in [0, 0.1) is 35.5 Å². The van der Waals surface area contributed by atoms with Gasteiger partial charge < -0.3 is 14.0 Å². The number of nitrogens with zero attached hydrogens (tertiary/aromatic N) is 3. The Labute approximate surface area is 452 Å². The van der Waals surface area contributed by atoms with Gasteiger partial charge in [-0.2, -0.15) is 0 Å². The Bertz CT molecular complexity index is 4660. The minimum Gasteiger partial charge on any atom is -0.311 e. The van der Waals surface area contributed by atoms with Crippen molar-refractivity contribution in [2.75, 3.05) is 4.90 Å². The molecule has 0 saturated heterocycles. The van der Waals surface area contributed by atoms with Crippen LogP contribution >= 0.6 is 11.3 Å². The summed E-state index contributed by atoms with van der Waals surface area (Å²) in [6.07, 6.45) is 17.1. The molecule has 5 heterocycles. The van der Waals surface area contributed by atoms with E-state index in [0.29, 0.717) is 10.8 Å². The van der Waals surface area contributed by atoms with Crippen molar-refractivity contribution < 1.29 is 0 Å². The predicted molar refractivity (Wildman–Crippen MR) is 324 cm³/mol. The summed E-state index contributed by atoms with van der Waals surface area (Å²) in [7, 11) is 0. The number of hydrogen-bond donors (Lipinski definition) is 0. The van der Waals surface area contributed by atoms with E-state index in [4.69, 9.17) is 0 Å². The highest BCUT2D eigenvalue weighted by molar-refractivity contribution is 7.26. The van der Waals surface area contributed by atoms with Crippen molar-refractivity contribution in [2.45, 2.75) is 87.9 Å². The van der Waals surface area contributed by atoms with E-state index < -0.39 is 0 Å². The van der Waals surface area contributed by atoms with Crippen LogP contribution in [-0.2, 0) is 10.8 Å². The van der Waals surface area contributed by atoms with E-state index >= 15 is 0 Å². The summed E-state index contributed by atoms with van der Waals surface area (Å²) >= 11 is 1.95. The molecule has 0 radical (unpaired) electrons. The predicted octanol–water partition coefficient (Wildman–Crippen LogP) is 16.9. The number of aromatic nitrogens is 2. The SMILES string of the molecule is c1cc2c3c(c1)ccc1c3c3c4c(ccc3n1-c1cc3c5c(c1)-n1c6ccccc6c6cccc(c61)B5c1cc(C56CC7CC(CC(C7)C5)C6)ccc1N3c1ccc(C35CC6CC(CC(C6)C3)C5)cc1)sc1cccc-2c14. The van der Waals surface area contributed by atoms with Crippen LogP contribution in [0.1, 0.15) is 88.2 Å². The standard InChI is InChI=1S/C72H56BN3S/c1-2-12-56-50(7-1)53-10-4-11-54-70(53)76(56)61-32-49(75-58-20-14-45-6-3-8-51-52-9-5-13-62-65(52)68-63(77-62)23-22-59(75)67(68)66(58)64(45)51)31-60-69(61)73(54)55-30-47(72-36-42-27-43(37-72)29-44(28-42)38-72)17-21-57(55)74(60)48-18-15-46(16-19-48)71-33-39-24-40(34-71)26-41(25-39)35-71/h1-23,30-32,39-44H,24-29,33-38H2. The lowest BCUT2D eigenvalue weighted by Crippen LogP contribution is -2.61. The number of para-hydroxylation sites is 2. The molecule has 8 saturated carbocycles. The van der Waals surface area contributed by atoms with Gasteiger partial charge in [-0.25, -0.2) is 0 Å². The second-order valence-electron chi connectivity index (χ2n) is 26.8. The number of hydrogen-bond acceptors (Lipinski definition) is 2. The molecule has 9 aromatic carbocycles. The Kier molecular flexibility index (Phi) is 7.35. The van der Waals surface area contributed by atoms with Gasteiger partial charge in [0.2, 0.25) is 0 Å². The van der Waals surface area contributed by atoms with Crippen molar-refractivity contribution in [3.63, 3.8) is 0 Å². The lowest BCUT2D eigenvalue weighted by Gasteiger charge is -2.57. The van der Waals surface area contributed by atoms with Gasteiger partial charge in [0, 0.05) is 70.0 Å². The Morgan fingerprint density at radius 3 is 1.77 bits per heavy atom. The molecule has 0 unspecified atom stereocenters. The quantitative estimate of drug-likeness (QED) is 0.160. The summed E-state index contributed by atoms with van der Waals surface area (Å²) in [5.41, 5.74) is 22.7. The van der Waals surface area contributed by atoms with Crippen molar-refractivity contribution in [3.8, 4) is 22.5 Å². The fraction of sp³-hybridized carbons (Fsp3) is 0.278. The molecule has 0 atom stereocenters. The van der Waals surface area contributed by atoms with Gasteiger partial charge in [-0.3, -0.25) is 0 Å². The van der Waals surface area contributed by atoms with Crippen molar-refractivity contribution in [3.05, 3.63) is 169 Å². The number of thiophene rings is 1. The Morgan fingerprint density at radius 2 is 1.01 bits per heavy atom. The third-order valence-corrected chi connectivity index (χ3v) is 24.0. The van der Waals surface area contributed by atoms with Gasteiger partial charge in [0.1, 0.15) is 0 Å². The van der Waals surface area contributed by atoms with Crippen LogP contribution in [0.4, 0.5) is 17.1 Å². The van der Waals surface area contributed by atoms with Crippen LogP contribution in [-0.4, -0.2) is 15.8 Å². The topological polar surface area (TPSA) is 13.1 Å². The lowest BCUT2D eigenvalue weighted by atomic mass is 9.33. The van der Waals surface area contributed by atoms with Crippen molar-refractivity contribution >= 4 is 126 Å². The molecule has 8 bridgehead atoms. The molecule has 368 valence electrons. The molecule has 3 aromatic heterocycles. The second kappa shape index (κ2) is 13.8. The lowest BCUT2D eigenvalue weighted by molar-refractivity contribution is -0.00528. The van der Waals surface area contributed by atoms with Crippen molar-refractivity contribution in [1.82, 2.24) is 9.13 Å². The van der Waals surface area contributed by atoms with E-state index in [0.717, 1.165) is 35.5 Å². The van der Waals surface area contributed by atoms with Crippen LogP contribution in [0.3, 0.4) is 0 Å². The van der Waals surface area contributed by atoms with Crippen LogP contribution in [0.15, 0.2) is 158 Å². The van der Waals surface area contributed by atoms with Crippen molar-refractivity contribution in [2.24, 2.45) is 35.5 Å².